The van der Waals surface area contributed by atoms with Crippen molar-refractivity contribution in [1.82, 2.24) is 5.32 Å². The summed E-state index contributed by atoms with van der Waals surface area (Å²) in [5, 5.41) is 120. The molecule has 0 radical (unpaired) electrons. The molecule has 3 saturated heterocycles. The second kappa shape index (κ2) is 49.5. The molecule has 0 aromatic carbocycles. The van der Waals surface area contributed by atoms with Gasteiger partial charge < -0.3 is 89.9 Å². The first-order valence-electron chi connectivity index (χ1n) is 33.9. The van der Waals surface area contributed by atoms with E-state index >= 15 is 0 Å². The van der Waals surface area contributed by atoms with Crippen LogP contribution in [-0.4, -0.2) is 193 Å². The van der Waals surface area contributed by atoms with Crippen molar-refractivity contribution in [2.75, 3.05) is 26.4 Å². The van der Waals surface area contributed by atoms with Crippen LogP contribution in [0.15, 0.2) is 48.6 Å². The van der Waals surface area contributed by atoms with Crippen molar-refractivity contribution in [2.24, 2.45) is 0 Å². The summed E-state index contributed by atoms with van der Waals surface area (Å²) in [4.78, 5) is 13.3. The Hall–Kier alpha value is -2.25. The molecule has 3 aliphatic heterocycles. The monoisotopic (exact) mass is 1230 g/mol. The second-order valence-corrected chi connectivity index (χ2v) is 24.3. The first-order valence-corrected chi connectivity index (χ1v) is 33.9. The molecule has 0 spiro atoms. The third-order valence-electron chi connectivity index (χ3n) is 16.8. The highest BCUT2D eigenvalue weighted by Crippen LogP contribution is 2.33. The zero-order valence-electron chi connectivity index (χ0n) is 52.8. The lowest BCUT2D eigenvalue weighted by Crippen LogP contribution is -2.66. The van der Waals surface area contributed by atoms with Crippen LogP contribution in [0.1, 0.15) is 239 Å². The highest BCUT2D eigenvalue weighted by Gasteiger charge is 2.53. The van der Waals surface area contributed by atoms with Crippen LogP contribution in [0.5, 0.6) is 0 Å². The van der Waals surface area contributed by atoms with E-state index in [0.717, 1.165) is 64.2 Å². The Bertz CT molecular complexity index is 1750. The molecule has 19 nitrogen and oxygen atoms in total. The van der Waals surface area contributed by atoms with E-state index in [1.165, 1.54) is 141 Å². The van der Waals surface area contributed by atoms with E-state index in [9.17, 15) is 61.0 Å². The predicted molar refractivity (Wildman–Crippen MR) is 332 cm³/mol. The number of hydrogen-bond acceptors (Lipinski definition) is 18. The maximum Gasteiger partial charge on any atom is 0.220 e. The van der Waals surface area contributed by atoms with Crippen molar-refractivity contribution in [3.63, 3.8) is 0 Å². The molecule has 17 atom stereocenters. The number of rotatable bonds is 51. The smallest absolute Gasteiger partial charge is 0.220 e. The molecule has 0 aliphatic carbocycles. The van der Waals surface area contributed by atoms with Gasteiger partial charge in [0, 0.05) is 6.42 Å². The van der Waals surface area contributed by atoms with Crippen LogP contribution in [0.3, 0.4) is 0 Å². The number of amides is 1. The van der Waals surface area contributed by atoms with Gasteiger partial charge in [0.05, 0.1) is 38.6 Å². The summed E-state index contributed by atoms with van der Waals surface area (Å²) >= 11 is 0. The lowest BCUT2D eigenvalue weighted by molar-refractivity contribution is -0.379. The molecule has 1 amide bonds. The van der Waals surface area contributed by atoms with Gasteiger partial charge in [-0.1, -0.05) is 217 Å². The third kappa shape index (κ3) is 31.7. The maximum absolute atomic E-state index is 13.3. The van der Waals surface area contributed by atoms with Crippen molar-refractivity contribution >= 4 is 5.91 Å². The highest BCUT2D eigenvalue weighted by atomic mass is 16.8. The molecule has 0 aromatic heterocycles. The number of aliphatic hydroxyl groups is 11. The van der Waals surface area contributed by atoms with Gasteiger partial charge in [-0.2, -0.15) is 0 Å². The third-order valence-corrected chi connectivity index (χ3v) is 16.8. The Morgan fingerprint density at radius 2 is 0.756 bits per heavy atom. The molecule has 3 aliphatic rings. The Labute approximate surface area is 516 Å². The molecule has 3 fully saturated rings. The number of allylic oxidation sites excluding steroid dienone is 7. The summed E-state index contributed by atoms with van der Waals surface area (Å²) in [5.74, 6) is -0.301. The fourth-order valence-electron chi connectivity index (χ4n) is 11.3. The minimum Gasteiger partial charge on any atom is -0.394 e. The van der Waals surface area contributed by atoms with E-state index < -0.39 is 124 Å². The average molecular weight is 1230 g/mol. The van der Waals surface area contributed by atoms with E-state index in [0.29, 0.717) is 12.8 Å². The van der Waals surface area contributed by atoms with Crippen LogP contribution in [0.25, 0.3) is 0 Å². The van der Waals surface area contributed by atoms with Gasteiger partial charge in [0.15, 0.2) is 18.9 Å². The summed E-state index contributed by atoms with van der Waals surface area (Å²) in [6.45, 7) is 1.65. The molecule has 0 aromatic rings. The Morgan fingerprint density at radius 3 is 1.20 bits per heavy atom. The number of hydrogen-bond donors (Lipinski definition) is 12. The van der Waals surface area contributed by atoms with Gasteiger partial charge in [-0.15, -0.1) is 0 Å². The second-order valence-electron chi connectivity index (χ2n) is 24.3. The lowest BCUT2D eigenvalue weighted by Gasteiger charge is -2.48. The standard InChI is InChI=1S/C67H121NO18/c1-3-5-7-9-11-13-15-16-17-18-19-20-21-22-23-24-25-26-27-28-29-30-31-32-33-35-36-38-40-42-44-51(72)50(68-55(73)45-43-41-39-37-34-14-12-10-8-6-4-2)49-81-65-61(79)58(76)63(53(47-70)83-65)86-67-62(80)59(77)64(54(48-71)84-67)85-66-60(78)57(75)56(74)52(46-69)82-66/h10,12,30-31,35-36,42,44,50-54,56-67,69-72,74-80H,3-9,11,13-29,32-34,37-41,43,45-49H2,1-2H3,(H,68,73)/b12-10-,31-30+,36-35+,44-42+. The van der Waals surface area contributed by atoms with Gasteiger partial charge in [-0.25, -0.2) is 0 Å². The Kier molecular flexibility index (Phi) is 44.8. The number of unbranched alkanes of at least 4 members (excludes halogenated alkanes) is 29. The minimum absolute atomic E-state index is 0.220. The zero-order valence-corrected chi connectivity index (χ0v) is 52.8. The first-order chi connectivity index (χ1) is 41.8. The quantitative estimate of drug-likeness (QED) is 0.0202. The van der Waals surface area contributed by atoms with Gasteiger partial charge in [0.25, 0.3) is 0 Å². The topological polar surface area (TPSA) is 307 Å². The van der Waals surface area contributed by atoms with Gasteiger partial charge in [0.2, 0.25) is 5.91 Å². The Morgan fingerprint density at radius 1 is 0.407 bits per heavy atom. The van der Waals surface area contributed by atoms with Crippen LogP contribution < -0.4 is 5.32 Å². The van der Waals surface area contributed by atoms with Crippen LogP contribution in [0, 0.1) is 0 Å². The number of carbonyl (C=O) groups is 1. The van der Waals surface area contributed by atoms with Crippen molar-refractivity contribution in [3.05, 3.63) is 48.6 Å². The minimum atomic E-state index is -1.98. The van der Waals surface area contributed by atoms with E-state index in [-0.39, 0.29) is 18.9 Å². The molecule has 86 heavy (non-hydrogen) atoms. The number of ether oxygens (including phenoxy) is 6. The van der Waals surface area contributed by atoms with E-state index in [4.69, 9.17) is 28.4 Å². The summed E-state index contributed by atoms with van der Waals surface area (Å²) in [7, 11) is 0. The van der Waals surface area contributed by atoms with Gasteiger partial charge in [-0.05, 0) is 64.2 Å². The van der Waals surface area contributed by atoms with Crippen LogP contribution >= 0.6 is 0 Å². The molecular weight excluding hydrogens is 1110 g/mol. The molecule has 0 bridgehead atoms. The van der Waals surface area contributed by atoms with Crippen molar-refractivity contribution in [2.45, 2.75) is 343 Å². The SMILES string of the molecule is CCCC/C=C\CCCCCCCC(=O)NC(COC1OC(CO)C(OC2OC(CO)C(OC3OC(CO)C(O)C(O)C3O)C(O)C2O)C(O)C1O)C(O)/C=C/CC/C=C/CC/C=C/CCCCCCCCCCCCCCCCCCCCCC. The zero-order chi connectivity index (χ0) is 62.6. The summed E-state index contributed by atoms with van der Waals surface area (Å²) in [6.07, 6.45) is 31.3. The van der Waals surface area contributed by atoms with Crippen molar-refractivity contribution in [1.29, 1.82) is 0 Å². The van der Waals surface area contributed by atoms with Gasteiger partial charge in [-0.3, -0.25) is 4.79 Å². The number of aliphatic hydroxyl groups excluding tert-OH is 11. The molecule has 12 N–H and O–H groups in total. The fourth-order valence-corrected chi connectivity index (χ4v) is 11.3. The molecule has 3 heterocycles. The molecule has 502 valence electrons. The average Bonchev–Trinajstić information content (AvgIpc) is 2.48. The van der Waals surface area contributed by atoms with Gasteiger partial charge in [0.1, 0.15) is 73.2 Å². The summed E-state index contributed by atoms with van der Waals surface area (Å²) in [6, 6.07) is -1.00. The maximum atomic E-state index is 13.3. The van der Waals surface area contributed by atoms with Crippen LogP contribution in [0.2, 0.25) is 0 Å². The molecule has 0 saturated carbocycles. The fraction of sp³-hybridized carbons (Fsp3) is 0.866. The molecule has 3 rings (SSSR count). The lowest BCUT2D eigenvalue weighted by atomic mass is 9.96. The number of carbonyl (C=O) groups excluding carboxylic acids is 1. The summed E-state index contributed by atoms with van der Waals surface area (Å²) < 4.78 is 34.2. The van der Waals surface area contributed by atoms with Crippen molar-refractivity contribution in [3.8, 4) is 0 Å². The normalized spacial score (nSPS) is 29.1. The predicted octanol–water partition coefficient (Wildman–Crippen LogP) is 8.22. The first kappa shape index (κ1) is 78.0. The highest BCUT2D eigenvalue weighted by molar-refractivity contribution is 5.76. The number of nitrogens with one attached hydrogen (secondary N) is 1. The van der Waals surface area contributed by atoms with Gasteiger partial charge >= 0.3 is 0 Å². The Balaban J connectivity index is 1.41. The molecular formula is C67H121NO18. The molecule has 19 heteroatoms. The van der Waals surface area contributed by atoms with Crippen molar-refractivity contribution < 1.29 is 89.4 Å². The van der Waals surface area contributed by atoms with E-state index in [1.807, 2.05) is 6.08 Å². The summed E-state index contributed by atoms with van der Waals surface area (Å²) in [5.41, 5.74) is 0. The molecule has 17 unspecified atom stereocenters. The van der Waals surface area contributed by atoms with E-state index in [2.05, 4.69) is 55.6 Å². The van der Waals surface area contributed by atoms with Crippen LogP contribution in [0.4, 0.5) is 0 Å². The van der Waals surface area contributed by atoms with E-state index in [1.54, 1.807) is 6.08 Å². The largest absolute Gasteiger partial charge is 0.394 e. The van der Waals surface area contributed by atoms with Crippen LogP contribution in [-0.2, 0) is 33.2 Å².